The Balaban J connectivity index is 2.34. The number of methoxy groups -OCH3 is 1. The summed E-state index contributed by atoms with van der Waals surface area (Å²) in [5.41, 5.74) is 1.74. The Labute approximate surface area is 96.2 Å². The monoisotopic (exact) mass is 216 g/mol. The SMILES string of the molecule is COc1ccc(C#N)c(N2CCC(C)C2)c1. The molecule has 1 saturated heterocycles. The van der Waals surface area contributed by atoms with Crippen LogP contribution in [0.2, 0.25) is 0 Å². The van der Waals surface area contributed by atoms with Crippen molar-refractivity contribution in [2.24, 2.45) is 5.92 Å². The average molecular weight is 216 g/mol. The largest absolute Gasteiger partial charge is 0.497 e. The molecule has 1 atom stereocenters. The first-order valence-corrected chi connectivity index (χ1v) is 5.57. The van der Waals surface area contributed by atoms with Crippen LogP contribution in [0.1, 0.15) is 18.9 Å². The first-order chi connectivity index (χ1) is 7.74. The van der Waals surface area contributed by atoms with Crippen LogP contribution in [0.4, 0.5) is 5.69 Å². The Morgan fingerprint density at radius 2 is 2.31 bits per heavy atom. The van der Waals surface area contributed by atoms with E-state index in [4.69, 9.17) is 10.00 Å². The fourth-order valence-corrected chi connectivity index (χ4v) is 2.15. The lowest BCUT2D eigenvalue weighted by Gasteiger charge is -2.20. The van der Waals surface area contributed by atoms with Gasteiger partial charge in [0.15, 0.2) is 0 Å². The quantitative estimate of drug-likeness (QED) is 0.761. The van der Waals surface area contributed by atoms with Crippen molar-refractivity contribution in [2.45, 2.75) is 13.3 Å². The summed E-state index contributed by atoms with van der Waals surface area (Å²) in [6.45, 7) is 4.30. The third kappa shape index (κ3) is 1.96. The minimum absolute atomic E-state index is 0.706. The Bertz CT molecular complexity index is 422. The van der Waals surface area contributed by atoms with Crippen LogP contribution in [0.25, 0.3) is 0 Å². The molecule has 16 heavy (non-hydrogen) atoms. The molecule has 84 valence electrons. The topological polar surface area (TPSA) is 36.3 Å². The van der Waals surface area contributed by atoms with Gasteiger partial charge in [-0.15, -0.1) is 0 Å². The molecule has 1 aliphatic heterocycles. The number of nitrogens with zero attached hydrogens (tertiary/aromatic N) is 2. The van der Waals surface area contributed by atoms with Crippen LogP contribution in [0.5, 0.6) is 5.75 Å². The summed E-state index contributed by atoms with van der Waals surface area (Å²) >= 11 is 0. The second-order valence-corrected chi connectivity index (χ2v) is 4.33. The van der Waals surface area contributed by atoms with Crippen LogP contribution < -0.4 is 9.64 Å². The summed E-state index contributed by atoms with van der Waals surface area (Å²) in [4.78, 5) is 2.27. The molecule has 1 aromatic carbocycles. The van der Waals surface area contributed by atoms with E-state index in [-0.39, 0.29) is 0 Å². The molecule has 0 amide bonds. The van der Waals surface area contributed by atoms with Gasteiger partial charge in [-0.05, 0) is 24.5 Å². The van der Waals surface area contributed by atoms with Crippen molar-refractivity contribution in [1.82, 2.24) is 0 Å². The molecule has 1 aliphatic rings. The number of hydrogen-bond acceptors (Lipinski definition) is 3. The van der Waals surface area contributed by atoms with E-state index in [1.807, 2.05) is 18.2 Å². The van der Waals surface area contributed by atoms with E-state index in [1.165, 1.54) is 6.42 Å². The summed E-state index contributed by atoms with van der Waals surface area (Å²) in [6, 6.07) is 7.86. The molecule has 3 nitrogen and oxygen atoms in total. The van der Waals surface area contributed by atoms with Crippen molar-refractivity contribution in [3.63, 3.8) is 0 Å². The molecule has 3 heteroatoms. The molecular formula is C13H16N2O. The smallest absolute Gasteiger partial charge is 0.121 e. The average Bonchev–Trinajstić information content (AvgIpc) is 2.75. The van der Waals surface area contributed by atoms with Gasteiger partial charge in [-0.2, -0.15) is 5.26 Å². The van der Waals surface area contributed by atoms with Gasteiger partial charge in [0.25, 0.3) is 0 Å². The number of nitriles is 1. The Morgan fingerprint density at radius 3 is 2.88 bits per heavy atom. The minimum Gasteiger partial charge on any atom is -0.497 e. The van der Waals surface area contributed by atoms with Crippen molar-refractivity contribution in [3.05, 3.63) is 23.8 Å². The Kier molecular flexibility index (Phi) is 3.00. The number of hydrogen-bond donors (Lipinski definition) is 0. The predicted octanol–water partition coefficient (Wildman–Crippen LogP) is 2.41. The van der Waals surface area contributed by atoms with Gasteiger partial charge < -0.3 is 9.64 Å². The van der Waals surface area contributed by atoms with Gasteiger partial charge in [0.05, 0.1) is 18.4 Å². The van der Waals surface area contributed by atoms with E-state index in [0.29, 0.717) is 5.92 Å². The lowest BCUT2D eigenvalue weighted by atomic mass is 10.1. The molecule has 0 bridgehead atoms. The zero-order valence-corrected chi connectivity index (χ0v) is 9.73. The number of benzene rings is 1. The Hall–Kier alpha value is -1.69. The molecule has 0 saturated carbocycles. The van der Waals surface area contributed by atoms with Gasteiger partial charge in [-0.3, -0.25) is 0 Å². The molecule has 1 aromatic rings. The van der Waals surface area contributed by atoms with Crippen molar-refractivity contribution < 1.29 is 4.74 Å². The molecule has 1 heterocycles. The highest BCUT2D eigenvalue weighted by Gasteiger charge is 2.21. The summed E-state index contributed by atoms with van der Waals surface area (Å²) in [5, 5.41) is 9.09. The fraction of sp³-hybridized carbons (Fsp3) is 0.462. The molecule has 2 rings (SSSR count). The second kappa shape index (κ2) is 4.44. The van der Waals surface area contributed by atoms with Crippen molar-refractivity contribution >= 4 is 5.69 Å². The summed E-state index contributed by atoms with van der Waals surface area (Å²) in [6.07, 6.45) is 1.20. The van der Waals surface area contributed by atoms with Crippen molar-refractivity contribution in [1.29, 1.82) is 5.26 Å². The van der Waals surface area contributed by atoms with E-state index in [0.717, 1.165) is 30.1 Å². The van der Waals surface area contributed by atoms with Gasteiger partial charge in [-0.25, -0.2) is 0 Å². The van der Waals surface area contributed by atoms with Crippen LogP contribution in [0.3, 0.4) is 0 Å². The van der Waals surface area contributed by atoms with Crippen LogP contribution in [-0.4, -0.2) is 20.2 Å². The molecule has 0 aromatic heterocycles. The van der Waals surface area contributed by atoms with Crippen LogP contribution in [-0.2, 0) is 0 Å². The number of ether oxygens (including phenoxy) is 1. The van der Waals surface area contributed by atoms with Gasteiger partial charge in [0.1, 0.15) is 11.8 Å². The molecule has 0 spiro atoms. The van der Waals surface area contributed by atoms with Gasteiger partial charge in [0.2, 0.25) is 0 Å². The molecular weight excluding hydrogens is 200 g/mol. The standard InChI is InChI=1S/C13H16N2O/c1-10-5-6-15(9-10)13-7-12(16-2)4-3-11(13)8-14/h3-4,7,10H,5-6,9H2,1-2H3. The third-order valence-electron chi connectivity index (χ3n) is 3.09. The fourth-order valence-electron chi connectivity index (χ4n) is 2.15. The lowest BCUT2D eigenvalue weighted by molar-refractivity contribution is 0.415. The van der Waals surface area contributed by atoms with Gasteiger partial charge in [0, 0.05) is 19.2 Å². The van der Waals surface area contributed by atoms with E-state index in [1.54, 1.807) is 7.11 Å². The molecule has 0 aliphatic carbocycles. The van der Waals surface area contributed by atoms with Crippen LogP contribution in [0.15, 0.2) is 18.2 Å². The molecule has 1 unspecified atom stereocenters. The van der Waals surface area contributed by atoms with Crippen molar-refractivity contribution in [3.8, 4) is 11.8 Å². The first-order valence-electron chi connectivity index (χ1n) is 5.57. The maximum atomic E-state index is 9.09. The van der Waals surface area contributed by atoms with E-state index < -0.39 is 0 Å². The summed E-state index contributed by atoms with van der Waals surface area (Å²) in [5.74, 6) is 1.52. The van der Waals surface area contributed by atoms with E-state index >= 15 is 0 Å². The minimum atomic E-state index is 0.706. The Morgan fingerprint density at radius 1 is 1.50 bits per heavy atom. The molecule has 0 radical (unpaired) electrons. The highest BCUT2D eigenvalue weighted by atomic mass is 16.5. The highest BCUT2D eigenvalue weighted by Crippen LogP contribution is 2.29. The third-order valence-corrected chi connectivity index (χ3v) is 3.09. The van der Waals surface area contributed by atoms with E-state index in [9.17, 15) is 0 Å². The first kappa shape index (κ1) is 10.8. The molecule has 1 fully saturated rings. The summed E-state index contributed by atoms with van der Waals surface area (Å²) in [7, 11) is 1.65. The summed E-state index contributed by atoms with van der Waals surface area (Å²) < 4.78 is 5.20. The predicted molar refractivity (Wildman–Crippen MR) is 63.7 cm³/mol. The lowest BCUT2D eigenvalue weighted by Crippen LogP contribution is -2.20. The van der Waals surface area contributed by atoms with Gasteiger partial charge in [-0.1, -0.05) is 6.92 Å². The normalized spacial score (nSPS) is 19.6. The second-order valence-electron chi connectivity index (χ2n) is 4.33. The van der Waals surface area contributed by atoms with E-state index in [2.05, 4.69) is 17.9 Å². The van der Waals surface area contributed by atoms with Crippen LogP contribution in [0, 0.1) is 17.2 Å². The highest BCUT2D eigenvalue weighted by molar-refractivity contribution is 5.62. The van der Waals surface area contributed by atoms with Crippen molar-refractivity contribution in [2.75, 3.05) is 25.1 Å². The number of rotatable bonds is 2. The zero-order valence-electron chi connectivity index (χ0n) is 9.73. The zero-order chi connectivity index (χ0) is 11.5. The maximum absolute atomic E-state index is 9.09. The van der Waals surface area contributed by atoms with Crippen LogP contribution >= 0.6 is 0 Å². The maximum Gasteiger partial charge on any atom is 0.121 e. The molecule has 0 N–H and O–H groups in total. The van der Waals surface area contributed by atoms with Gasteiger partial charge >= 0.3 is 0 Å². The number of anilines is 1.